The van der Waals surface area contributed by atoms with Crippen LogP contribution in [0, 0.1) is 0 Å². The van der Waals surface area contributed by atoms with E-state index in [1.165, 1.54) is 19.3 Å². The van der Waals surface area contributed by atoms with E-state index in [2.05, 4.69) is 22.6 Å². The molecule has 3 saturated heterocycles. The van der Waals surface area contributed by atoms with Crippen molar-refractivity contribution in [3.63, 3.8) is 0 Å². The monoisotopic (exact) mass is 353 g/mol. The first-order valence-corrected chi connectivity index (χ1v) is 8.02. The zero-order valence-electron chi connectivity index (χ0n) is 13.4. The molecule has 0 radical (unpaired) electrons. The third-order valence-corrected chi connectivity index (χ3v) is 5.29. The van der Waals surface area contributed by atoms with Crippen molar-refractivity contribution in [2.24, 2.45) is 0 Å². The first-order valence-electron chi connectivity index (χ1n) is 8.02. The van der Waals surface area contributed by atoms with Gasteiger partial charge in [-0.2, -0.15) is 0 Å². The topological polar surface area (TPSA) is 53.6 Å². The molecule has 3 rings (SSSR count). The van der Waals surface area contributed by atoms with E-state index in [1.807, 2.05) is 6.92 Å². The number of carbonyl (C=O) groups excluding carboxylic acids is 1. The lowest BCUT2D eigenvalue weighted by atomic mass is 9.82. The highest BCUT2D eigenvalue weighted by atomic mass is 35.5. The molecule has 3 fully saturated rings. The summed E-state index contributed by atoms with van der Waals surface area (Å²) in [5.74, 6) is 0.116. The lowest BCUT2D eigenvalue weighted by Crippen LogP contribution is -2.60. The predicted molar refractivity (Wildman–Crippen MR) is 92.1 cm³/mol. The zero-order chi connectivity index (χ0) is 14.1. The molecule has 0 aromatic rings. The smallest absolute Gasteiger partial charge is 0.240 e. The first-order chi connectivity index (χ1) is 9.65. The summed E-state index contributed by atoms with van der Waals surface area (Å²) >= 11 is 0. The van der Waals surface area contributed by atoms with Gasteiger partial charge in [0.2, 0.25) is 5.91 Å². The summed E-state index contributed by atoms with van der Waals surface area (Å²) in [6.45, 7) is 3.43. The molecular formula is C15H29Cl2N3O2. The average Bonchev–Trinajstić information content (AvgIpc) is 2.40. The summed E-state index contributed by atoms with van der Waals surface area (Å²) < 4.78 is 5.56. The van der Waals surface area contributed by atoms with Gasteiger partial charge in [0.1, 0.15) is 6.04 Å². The summed E-state index contributed by atoms with van der Waals surface area (Å²) in [5.41, 5.74) is 0. The highest BCUT2D eigenvalue weighted by molar-refractivity contribution is 5.85. The van der Waals surface area contributed by atoms with Crippen molar-refractivity contribution in [1.29, 1.82) is 0 Å². The van der Waals surface area contributed by atoms with Gasteiger partial charge in [-0.1, -0.05) is 6.42 Å². The molecule has 7 heteroatoms. The van der Waals surface area contributed by atoms with Crippen molar-refractivity contribution >= 4 is 30.7 Å². The molecule has 22 heavy (non-hydrogen) atoms. The van der Waals surface area contributed by atoms with Crippen LogP contribution in [0.2, 0.25) is 0 Å². The molecule has 0 spiro atoms. The maximum absolute atomic E-state index is 12.4. The minimum atomic E-state index is -0.191. The van der Waals surface area contributed by atoms with Gasteiger partial charge in [-0.05, 0) is 39.7 Å². The molecule has 5 nitrogen and oxygen atoms in total. The molecule has 0 saturated carbocycles. The standard InChI is InChI=1S/C15H27N3O2.2ClH/c1-10-14(16-6-7-20-10)15(19)17-11-8-12-4-3-5-13(9-11)18(12)2;;/h10-14,16H,3-9H2,1-2H3,(H,17,19);2*1H/t10-,11?,12?,13?,14+;;/m1../s1. The number of carbonyl (C=O) groups is 1. The number of ether oxygens (including phenoxy) is 1. The Hall–Kier alpha value is -0.0700. The molecule has 3 heterocycles. The maximum atomic E-state index is 12.4. The number of hydrogen-bond donors (Lipinski definition) is 2. The van der Waals surface area contributed by atoms with Crippen molar-refractivity contribution in [2.45, 2.75) is 69.3 Å². The molecule has 3 aliphatic rings. The van der Waals surface area contributed by atoms with Gasteiger partial charge in [-0.15, -0.1) is 24.8 Å². The summed E-state index contributed by atoms with van der Waals surface area (Å²) in [6.07, 6.45) is 6.06. The second-order valence-corrected chi connectivity index (χ2v) is 6.59. The molecule has 4 atom stereocenters. The van der Waals surface area contributed by atoms with Crippen LogP contribution in [-0.4, -0.2) is 61.3 Å². The van der Waals surface area contributed by atoms with E-state index in [0.717, 1.165) is 19.4 Å². The minimum absolute atomic E-state index is 0. The summed E-state index contributed by atoms with van der Waals surface area (Å²) in [4.78, 5) is 14.9. The van der Waals surface area contributed by atoms with E-state index < -0.39 is 0 Å². The van der Waals surface area contributed by atoms with Gasteiger partial charge in [-0.3, -0.25) is 4.79 Å². The Morgan fingerprint density at radius 1 is 1.23 bits per heavy atom. The van der Waals surface area contributed by atoms with Crippen molar-refractivity contribution in [1.82, 2.24) is 15.5 Å². The first kappa shape index (κ1) is 20.0. The fourth-order valence-electron chi connectivity index (χ4n) is 4.05. The second-order valence-electron chi connectivity index (χ2n) is 6.59. The van der Waals surface area contributed by atoms with Crippen molar-refractivity contribution < 1.29 is 9.53 Å². The average molecular weight is 354 g/mol. The predicted octanol–water partition coefficient (Wildman–Crippen LogP) is 1.34. The fourth-order valence-corrected chi connectivity index (χ4v) is 4.05. The molecule has 130 valence electrons. The van der Waals surface area contributed by atoms with E-state index in [9.17, 15) is 4.79 Å². The lowest BCUT2D eigenvalue weighted by Gasteiger charge is -2.47. The van der Waals surface area contributed by atoms with Gasteiger partial charge >= 0.3 is 0 Å². The van der Waals surface area contributed by atoms with E-state index in [4.69, 9.17) is 4.74 Å². The van der Waals surface area contributed by atoms with E-state index in [0.29, 0.717) is 24.7 Å². The molecule has 2 bridgehead atoms. The lowest BCUT2D eigenvalue weighted by molar-refractivity contribution is -0.130. The SMILES string of the molecule is C[C@H]1OCCN[C@@H]1C(=O)NC1CC2CCCC(C1)N2C.Cl.Cl. The number of amides is 1. The number of nitrogens with zero attached hydrogens (tertiary/aromatic N) is 1. The number of halogens is 2. The van der Waals surface area contributed by atoms with Crippen LogP contribution >= 0.6 is 24.8 Å². The van der Waals surface area contributed by atoms with Gasteiger partial charge in [0.05, 0.1) is 12.7 Å². The fraction of sp³-hybridized carbons (Fsp3) is 0.933. The Morgan fingerprint density at radius 2 is 1.86 bits per heavy atom. The molecule has 0 aromatic carbocycles. The van der Waals surface area contributed by atoms with Crippen LogP contribution in [-0.2, 0) is 9.53 Å². The van der Waals surface area contributed by atoms with Crippen LogP contribution < -0.4 is 10.6 Å². The number of fused-ring (bicyclic) bond motifs is 2. The van der Waals surface area contributed by atoms with Crippen LogP contribution in [0.25, 0.3) is 0 Å². The highest BCUT2D eigenvalue weighted by Gasteiger charge is 2.38. The molecular weight excluding hydrogens is 325 g/mol. The molecule has 3 aliphatic heterocycles. The van der Waals surface area contributed by atoms with Crippen LogP contribution in [0.5, 0.6) is 0 Å². The number of hydrogen-bond acceptors (Lipinski definition) is 4. The van der Waals surface area contributed by atoms with Gasteiger partial charge < -0.3 is 20.3 Å². The molecule has 1 amide bonds. The summed E-state index contributed by atoms with van der Waals surface area (Å²) in [5, 5.41) is 6.53. The molecule has 2 unspecified atom stereocenters. The Morgan fingerprint density at radius 3 is 2.45 bits per heavy atom. The van der Waals surface area contributed by atoms with Crippen molar-refractivity contribution in [3.05, 3.63) is 0 Å². The minimum Gasteiger partial charge on any atom is -0.375 e. The highest BCUT2D eigenvalue weighted by Crippen LogP contribution is 2.32. The normalized spacial score (nSPS) is 38.4. The summed E-state index contributed by atoms with van der Waals surface area (Å²) in [6, 6.07) is 1.45. The third-order valence-electron chi connectivity index (χ3n) is 5.29. The Balaban J connectivity index is 0.00000121. The Kier molecular flexibility index (Phi) is 7.89. The van der Waals surface area contributed by atoms with Gasteiger partial charge in [0.15, 0.2) is 0 Å². The summed E-state index contributed by atoms with van der Waals surface area (Å²) in [7, 11) is 2.24. The second kappa shape index (κ2) is 8.69. The quantitative estimate of drug-likeness (QED) is 0.786. The van der Waals surface area contributed by atoms with Gasteiger partial charge in [0.25, 0.3) is 0 Å². The van der Waals surface area contributed by atoms with Crippen molar-refractivity contribution in [2.75, 3.05) is 20.2 Å². The van der Waals surface area contributed by atoms with Crippen molar-refractivity contribution in [3.8, 4) is 0 Å². The Bertz CT molecular complexity index is 359. The number of nitrogens with one attached hydrogen (secondary N) is 2. The molecule has 0 aromatic heterocycles. The van der Waals surface area contributed by atoms with E-state index >= 15 is 0 Å². The number of piperidine rings is 2. The van der Waals surface area contributed by atoms with E-state index in [-0.39, 0.29) is 42.9 Å². The number of morpholine rings is 1. The number of rotatable bonds is 2. The molecule has 0 aliphatic carbocycles. The van der Waals surface area contributed by atoms with Crippen LogP contribution in [0.15, 0.2) is 0 Å². The van der Waals surface area contributed by atoms with Gasteiger partial charge in [0, 0.05) is 24.7 Å². The maximum Gasteiger partial charge on any atom is 0.240 e. The van der Waals surface area contributed by atoms with Crippen LogP contribution in [0.1, 0.15) is 39.0 Å². The van der Waals surface area contributed by atoms with E-state index in [1.54, 1.807) is 0 Å². The van der Waals surface area contributed by atoms with Gasteiger partial charge in [-0.25, -0.2) is 0 Å². The Labute approximate surface area is 145 Å². The molecule has 2 N–H and O–H groups in total. The zero-order valence-corrected chi connectivity index (χ0v) is 15.0. The largest absolute Gasteiger partial charge is 0.375 e. The van der Waals surface area contributed by atoms with Crippen LogP contribution in [0.3, 0.4) is 0 Å². The third kappa shape index (κ3) is 4.26. The van der Waals surface area contributed by atoms with Crippen LogP contribution in [0.4, 0.5) is 0 Å².